The predicted molar refractivity (Wildman–Crippen MR) is 78.3 cm³/mol. The fourth-order valence-corrected chi connectivity index (χ4v) is 2.09. The summed E-state index contributed by atoms with van der Waals surface area (Å²) in [7, 11) is 1.50. The summed E-state index contributed by atoms with van der Waals surface area (Å²) in [5, 5.41) is 5.39. The van der Waals surface area contributed by atoms with Crippen LogP contribution in [0.1, 0.15) is 12.8 Å². The molecule has 1 aliphatic heterocycles. The average Bonchev–Trinajstić information content (AvgIpc) is 3.01. The third-order valence-electron chi connectivity index (χ3n) is 3.15. The molecule has 0 aromatic heterocycles. The summed E-state index contributed by atoms with van der Waals surface area (Å²) in [5.74, 6) is -0.0309. The summed E-state index contributed by atoms with van der Waals surface area (Å²) in [6.07, 6.45) is 1.20. The highest BCUT2D eigenvalue weighted by Crippen LogP contribution is 2.28. The normalized spacial score (nSPS) is 17.3. The number of anilines is 2. The van der Waals surface area contributed by atoms with Gasteiger partial charge >= 0.3 is 0 Å². The zero-order chi connectivity index (χ0) is 15.2. The van der Waals surface area contributed by atoms with Crippen LogP contribution >= 0.6 is 0 Å². The summed E-state index contributed by atoms with van der Waals surface area (Å²) >= 11 is 0. The third-order valence-corrected chi connectivity index (χ3v) is 3.15. The summed E-state index contributed by atoms with van der Waals surface area (Å²) in [4.78, 5) is 23.4. The highest BCUT2D eigenvalue weighted by atomic mass is 16.5. The van der Waals surface area contributed by atoms with E-state index in [1.54, 1.807) is 18.2 Å². The molecule has 2 amide bonds. The Labute approximate surface area is 122 Å². The average molecular weight is 293 g/mol. The molecule has 21 heavy (non-hydrogen) atoms. The number of amides is 2. The van der Waals surface area contributed by atoms with Gasteiger partial charge in [-0.1, -0.05) is 0 Å². The first-order valence-corrected chi connectivity index (χ1v) is 6.74. The molecule has 4 N–H and O–H groups in total. The first kappa shape index (κ1) is 15.3. The molecular weight excluding hydrogens is 274 g/mol. The molecule has 0 radical (unpaired) electrons. The van der Waals surface area contributed by atoms with Crippen LogP contribution in [0.4, 0.5) is 11.4 Å². The number of ether oxygens (including phenoxy) is 2. The van der Waals surface area contributed by atoms with E-state index in [1.807, 2.05) is 0 Å². The maximum absolute atomic E-state index is 12.0. The number of carbonyl (C=O) groups excluding carboxylic acids is 2. The minimum absolute atomic E-state index is 0.129. The fourth-order valence-electron chi connectivity index (χ4n) is 2.09. The van der Waals surface area contributed by atoms with Crippen molar-refractivity contribution in [2.75, 3.05) is 30.9 Å². The van der Waals surface area contributed by atoms with Crippen LogP contribution in [0, 0.1) is 0 Å². The van der Waals surface area contributed by atoms with E-state index in [4.69, 9.17) is 15.2 Å². The van der Waals surface area contributed by atoms with Crippen molar-refractivity contribution in [2.24, 2.45) is 5.73 Å². The second-order valence-corrected chi connectivity index (χ2v) is 4.66. The van der Waals surface area contributed by atoms with Gasteiger partial charge in [0.1, 0.15) is 11.9 Å². The van der Waals surface area contributed by atoms with Crippen molar-refractivity contribution < 1.29 is 19.1 Å². The van der Waals surface area contributed by atoms with Gasteiger partial charge in [0.15, 0.2) is 0 Å². The summed E-state index contributed by atoms with van der Waals surface area (Å²) < 4.78 is 10.5. The summed E-state index contributed by atoms with van der Waals surface area (Å²) in [5.41, 5.74) is 6.29. The van der Waals surface area contributed by atoms with Crippen molar-refractivity contribution >= 4 is 23.2 Å². The van der Waals surface area contributed by atoms with Crippen LogP contribution in [-0.4, -0.2) is 38.2 Å². The van der Waals surface area contributed by atoms with Gasteiger partial charge in [-0.15, -0.1) is 0 Å². The number of nitrogens with one attached hydrogen (secondary N) is 2. The molecule has 2 rings (SSSR count). The van der Waals surface area contributed by atoms with Crippen LogP contribution in [0.5, 0.6) is 5.75 Å². The van der Waals surface area contributed by atoms with Gasteiger partial charge in [0.05, 0.1) is 19.3 Å². The highest BCUT2D eigenvalue weighted by Gasteiger charge is 2.23. The largest absolute Gasteiger partial charge is 0.495 e. The van der Waals surface area contributed by atoms with Crippen LogP contribution in [0.15, 0.2) is 18.2 Å². The monoisotopic (exact) mass is 293 g/mol. The number of methoxy groups -OCH3 is 1. The molecule has 1 saturated heterocycles. The summed E-state index contributed by atoms with van der Waals surface area (Å²) in [6.45, 7) is 0.480. The van der Waals surface area contributed by atoms with Gasteiger partial charge in [0.25, 0.3) is 5.91 Å². The van der Waals surface area contributed by atoms with Crippen molar-refractivity contribution in [3.05, 3.63) is 18.2 Å². The molecule has 1 fully saturated rings. The first-order chi connectivity index (χ1) is 10.1. The fraction of sp³-hybridized carbons (Fsp3) is 0.429. The zero-order valence-corrected chi connectivity index (χ0v) is 11.8. The van der Waals surface area contributed by atoms with E-state index < -0.39 is 6.10 Å². The number of carbonyl (C=O) groups is 2. The Hall–Kier alpha value is -2.12. The zero-order valence-electron chi connectivity index (χ0n) is 11.8. The van der Waals surface area contributed by atoms with Crippen LogP contribution in [0.3, 0.4) is 0 Å². The molecule has 1 aliphatic rings. The van der Waals surface area contributed by atoms with Gasteiger partial charge in [-0.25, -0.2) is 0 Å². The van der Waals surface area contributed by atoms with Crippen LogP contribution < -0.4 is 21.1 Å². The molecule has 114 valence electrons. The molecular formula is C14H19N3O4. The second-order valence-electron chi connectivity index (χ2n) is 4.66. The third kappa shape index (κ3) is 3.93. The van der Waals surface area contributed by atoms with E-state index in [0.29, 0.717) is 23.7 Å². The molecule has 0 bridgehead atoms. The van der Waals surface area contributed by atoms with Gasteiger partial charge in [0.2, 0.25) is 5.91 Å². The molecule has 7 heteroatoms. The number of nitrogens with two attached hydrogens (primary N) is 1. The Balaban J connectivity index is 2.10. The molecule has 1 heterocycles. The van der Waals surface area contributed by atoms with Crippen LogP contribution in [0.25, 0.3) is 0 Å². The molecule has 1 aromatic carbocycles. The van der Waals surface area contributed by atoms with Gasteiger partial charge in [0, 0.05) is 12.3 Å². The van der Waals surface area contributed by atoms with Gasteiger partial charge in [-0.05, 0) is 31.0 Å². The minimum atomic E-state index is -0.408. The molecule has 1 atom stereocenters. The second kappa shape index (κ2) is 7.05. The van der Waals surface area contributed by atoms with Crippen molar-refractivity contribution in [2.45, 2.75) is 18.9 Å². The Morgan fingerprint density at radius 3 is 2.86 bits per heavy atom. The standard InChI is InChI=1S/C14H19N3O4/c1-20-11-5-4-9(7-10(11)17-13(18)8-15)16-14(19)12-3-2-6-21-12/h4-5,7,12H,2-3,6,8,15H2,1H3,(H,16,19)(H,17,18). The van der Waals surface area contributed by atoms with Crippen molar-refractivity contribution in [3.63, 3.8) is 0 Å². The minimum Gasteiger partial charge on any atom is -0.495 e. The Morgan fingerprint density at radius 2 is 2.24 bits per heavy atom. The SMILES string of the molecule is COc1ccc(NC(=O)C2CCCO2)cc1NC(=O)CN. The number of hydrogen-bond acceptors (Lipinski definition) is 5. The van der Waals surface area contributed by atoms with E-state index >= 15 is 0 Å². The molecule has 0 spiro atoms. The van der Waals surface area contributed by atoms with Gasteiger partial charge < -0.3 is 25.8 Å². The van der Waals surface area contributed by atoms with Crippen LogP contribution in [-0.2, 0) is 14.3 Å². The smallest absolute Gasteiger partial charge is 0.253 e. The first-order valence-electron chi connectivity index (χ1n) is 6.74. The molecule has 0 aliphatic carbocycles. The van der Waals surface area contributed by atoms with Crippen molar-refractivity contribution in [3.8, 4) is 5.75 Å². The quantitative estimate of drug-likeness (QED) is 0.742. The van der Waals surface area contributed by atoms with E-state index in [2.05, 4.69) is 10.6 Å². The highest BCUT2D eigenvalue weighted by molar-refractivity contribution is 5.97. The van der Waals surface area contributed by atoms with Crippen LogP contribution in [0.2, 0.25) is 0 Å². The Bertz CT molecular complexity index is 527. The van der Waals surface area contributed by atoms with E-state index in [0.717, 1.165) is 12.8 Å². The molecule has 7 nitrogen and oxygen atoms in total. The Morgan fingerprint density at radius 1 is 1.43 bits per heavy atom. The Kier molecular flexibility index (Phi) is 5.13. The lowest BCUT2D eigenvalue weighted by Gasteiger charge is -2.14. The number of hydrogen-bond donors (Lipinski definition) is 3. The predicted octanol–water partition coefficient (Wildman–Crippen LogP) is 0.710. The van der Waals surface area contributed by atoms with Crippen molar-refractivity contribution in [1.82, 2.24) is 0 Å². The maximum Gasteiger partial charge on any atom is 0.253 e. The van der Waals surface area contributed by atoms with Crippen molar-refractivity contribution in [1.29, 1.82) is 0 Å². The van der Waals surface area contributed by atoms with E-state index in [1.165, 1.54) is 7.11 Å². The number of benzene rings is 1. The number of rotatable bonds is 5. The topological polar surface area (TPSA) is 103 Å². The van der Waals surface area contributed by atoms with Gasteiger partial charge in [-0.2, -0.15) is 0 Å². The summed E-state index contributed by atoms with van der Waals surface area (Å²) in [6, 6.07) is 4.99. The maximum atomic E-state index is 12.0. The lowest BCUT2D eigenvalue weighted by molar-refractivity contribution is -0.124. The lowest BCUT2D eigenvalue weighted by atomic mass is 10.2. The van der Waals surface area contributed by atoms with Gasteiger partial charge in [-0.3, -0.25) is 9.59 Å². The molecule has 1 aromatic rings. The van der Waals surface area contributed by atoms with E-state index in [9.17, 15) is 9.59 Å². The molecule has 1 unspecified atom stereocenters. The molecule has 0 saturated carbocycles. The van der Waals surface area contributed by atoms with E-state index in [-0.39, 0.29) is 18.4 Å². The lowest BCUT2D eigenvalue weighted by Crippen LogP contribution is -2.27.